The first-order chi connectivity index (χ1) is 14.6. The Bertz CT molecular complexity index is 994. The van der Waals surface area contributed by atoms with Crippen molar-refractivity contribution >= 4 is 21.6 Å². The summed E-state index contributed by atoms with van der Waals surface area (Å²) < 4.78 is 25.7. The highest BCUT2D eigenvalue weighted by Gasteiger charge is 2.33. The average molecular weight is 447 g/mol. The Labute approximate surface area is 185 Å². The van der Waals surface area contributed by atoms with Gasteiger partial charge >= 0.3 is 0 Å². The van der Waals surface area contributed by atoms with Crippen molar-refractivity contribution < 1.29 is 13.2 Å². The van der Waals surface area contributed by atoms with E-state index in [0.29, 0.717) is 12.2 Å². The van der Waals surface area contributed by atoms with Crippen molar-refractivity contribution in [3.63, 3.8) is 0 Å². The number of nitrogens with zero attached hydrogens (tertiary/aromatic N) is 3. The van der Waals surface area contributed by atoms with Gasteiger partial charge in [-0.2, -0.15) is 5.10 Å². The van der Waals surface area contributed by atoms with E-state index in [9.17, 15) is 13.2 Å². The zero-order chi connectivity index (χ0) is 22.6. The molecule has 2 heterocycles. The third-order valence-electron chi connectivity index (χ3n) is 5.62. The second-order valence-electron chi connectivity index (χ2n) is 9.34. The van der Waals surface area contributed by atoms with Gasteiger partial charge in [-0.15, -0.1) is 0 Å². The van der Waals surface area contributed by atoms with Gasteiger partial charge in [-0.25, -0.2) is 13.1 Å². The highest BCUT2D eigenvalue weighted by molar-refractivity contribution is 7.91. The van der Waals surface area contributed by atoms with Crippen molar-refractivity contribution in [3.8, 4) is 5.69 Å². The predicted molar refractivity (Wildman–Crippen MR) is 124 cm³/mol. The summed E-state index contributed by atoms with van der Waals surface area (Å²) in [5.41, 5.74) is 1.60. The Balaban J connectivity index is 1.80. The van der Waals surface area contributed by atoms with E-state index in [4.69, 9.17) is 5.10 Å². The molecule has 1 aromatic heterocycles. The van der Waals surface area contributed by atoms with Crippen molar-refractivity contribution in [2.75, 3.05) is 29.9 Å². The van der Waals surface area contributed by atoms with Crippen LogP contribution in [0.3, 0.4) is 0 Å². The smallest absolute Gasteiger partial charge is 0.239 e. The second kappa shape index (κ2) is 9.53. The van der Waals surface area contributed by atoms with E-state index >= 15 is 0 Å². The number of nitrogens with one attached hydrogen (secondary N) is 1. The zero-order valence-electron chi connectivity index (χ0n) is 19.0. The number of sulfone groups is 1. The molecule has 1 aliphatic heterocycles. The molecule has 170 valence electrons. The minimum atomic E-state index is -3.00. The Morgan fingerprint density at radius 3 is 2.55 bits per heavy atom. The summed E-state index contributed by atoms with van der Waals surface area (Å²) in [6, 6.07) is 11.5. The van der Waals surface area contributed by atoms with Crippen LogP contribution in [0.1, 0.15) is 52.7 Å². The summed E-state index contributed by atoms with van der Waals surface area (Å²) >= 11 is 0. The van der Waals surface area contributed by atoms with Crippen LogP contribution in [-0.4, -0.2) is 59.6 Å². The fourth-order valence-corrected chi connectivity index (χ4v) is 5.55. The molecule has 7 nitrogen and oxygen atoms in total. The maximum Gasteiger partial charge on any atom is 0.239 e. The van der Waals surface area contributed by atoms with Gasteiger partial charge in [-0.05, 0) is 31.5 Å². The molecule has 1 atom stereocenters. The van der Waals surface area contributed by atoms with Gasteiger partial charge in [0.05, 0.1) is 29.4 Å². The van der Waals surface area contributed by atoms with E-state index < -0.39 is 9.84 Å². The Kier molecular flexibility index (Phi) is 7.21. The first kappa shape index (κ1) is 23.5. The van der Waals surface area contributed by atoms with Crippen molar-refractivity contribution in [3.05, 3.63) is 42.1 Å². The Morgan fingerprint density at radius 2 is 1.97 bits per heavy atom. The molecule has 1 fully saturated rings. The van der Waals surface area contributed by atoms with Gasteiger partial charge in [0, 0.05) is 17.5 Å². The van der Waals surface area contributed by atoms with E-state index in [1.54, 1.807) is 4.68 Å². The summed E-state index contributed by atoms with van der Waals surface area (Å²) in [4.78, 5) is 15.0. The molecule has 0 bridgehead atoms. The molecule has 0 aliphatic carbocycles. The monoisotopic (exact) mass is 446 g/mol. The van der Waals surface area contributed by atoms with Crippen molar-refractivity contribution in [1.29, 1.82) is 0 Å². The zero-order valence-corrected chi connectivity index (χ0v) is 19.8. The first-order valence-electron chi connectivity index (χ1n) is 11.0. The fourth-order valence-electron chi connectivity index (χ4n) is 3.78. The molecule has 31 heavy (non-hydrogen) atoms. The van der Waals surface area contributed by atoms with Crippen LogP contribution in [0.2, 0.25) is 0 Å². The van der Waals surface area contributed by atoms with Crippen LogP contribution in [0.4, 0.5) is 5.82 Å². The van der Waals surface area contributed by atoms with Gasteiger partial charge in [-0.1, -0.05) is 52.3 Å². The molecule has 1 saturated heterocycles. The van der Waals surface area contributed by atoms with Crippen LogP contribution >= 0.6 is 0 Å². The second-order valence-corrected chi connectivity index (χ2v) is 11.6. The highest BCUT2D eigenvalue weighted by atomic mass is 32.2. The number of carbonyl (C=O) groups is 1. The van der Waals surface area contributed by atoms with Crippen LogP contribution in [0.25, 0.3) is 5.69 Å². The Hall–Kier alpha value is -2.19. The quantitative estimate of drug-likeness (QED) is 0.672. The lowest BCUT2D eigenvalue weighted by molar-refractivity contribution is -0.117. The normalized spacial score (nSPS) is 18.4. The molecular formula is C23H34N4O3S. The number of aromatic nitrogens is 2. The third-order valence-corrected chi connectivity index (χ3v) is 7.37. The highest BCUT2D eigenvalue weighted by Crippen LogP contribution is 2.26. The molecule has 0 spiro atoms. The molecule has 0 radical (unpaired) electrons. The van der Waals surface area contributed by atoms with E-state index in [1.165, 1.54) is 0 Å². The number of rotatable bonds is 8. The summed E-state index contributed by atoms with van der Waals surface area (Å²) in [6.45, 7) is 9.24. The van der Waals surface area contributed by atoms with Crippen LogP contribution in [-0.2, 0) is 20.0 Å². The summed E-state index contributed by atoms with van der Waals surface area (Å²) in [5, 5.41) is 7.76. The number of benzene rings is 1. The van der Waals surface area contributed by atoms with Crippen LogP contribution in [0.5, 0.6) is 0 Å². The van der Waals surface area contributed by atoms with Crippen LogP contribution in [0, 0.1) is 0 Å². The molecule has 8 heteroatoms. The van der Waals surface area contributed by atoms with E-state index in [2.05, 4.69) is 33.0 Å². The van der Waals surface area contributed by atoms with Crippen molar-refractivity contribution in [2.45, 2.75) is 58.4 Å². The molecule has 1 unspecified atom stereocenters. The van der Waals surface area contributed by atoms with E-state index in [0.717, 1.165) is 30.8 Å². The number of carbonyl (C=O) groups excluding carboxylic acids is 1. The molecule has 1 aromatic carbocycles. The molecular weight excluding hydrogens is 412 g/mol. The van der Waals surface area contributed by atoms with Gasteiger partial charge in [-0.3, -0.25) is 9.69 Å². The maximum absolute atomic E-state index is 13.0. The summed E-state index contributed by atoms with van der Waals surface area (Å²) in [7, 11) is -3.00. The van der Waals surface area contributed by atoms with E-state index in [-0.39, 0.29) is 35.4 Å². The number of para-hydroxylation sites is 1. The fraction of sp³-hybridized carbons (Fsp3) is 0.565. The standard InChI is InChI=1S/C23H34N4O3S/c1-5-6-13-26(19-12-14-31(29,30)17-19)16-22(28)24-21-15-20(23(2,3)4)25-27(21)18-10-8-7-9-11-18/h7-11,15,19H,5-6,12-14,16-17H2,1-4H3,(H,24,28). The molecule has 2 aromatic rings. The van der Waals surface area contributed by atoms with Gasteiger partial charge in [0.1, 0.15) is 5.82 Å². The minimum absolute atomic E-state index is 0.0912. The lowest BCUT2D eigenvalue weighted by Gasteiger charge is -2.27. The van der Waals surface area contributed by atoms with Gasteiger partial charge in [0.15, 0.2) is 9.84 Å². The average Bonchev–Trinajstić information content (AvgIpc) is 3.29. The van der Waals surface area contributed by atoms with Crippen LogP contribution in [0.15, 0.2) is 36.4 Å². The minimum Gasteiger partial charge on any atom is -0.309 e. The lowest BCUT2D eigenvalue weighted by Crippen LogP contribution is -2.42. The van der Waals surface area contributed by atoms with Crippen molar-refractivity contribution in [2.24, 2.45) is 0 Å². The maximum atomic E-state index is 13.0. The van der Waals surface area contributed by atoms with Crippen LogP contribution < -0.4 is 5.32 Å². The molecule has 3 rings (SSSR count). The SMILES string of the molecule is CCCCN(CC(=O)Nc1cc(C(C)(C)C)nn1-c1ccccc1)C1CCS(=O)(=O)C1. The largest absolute Gasteiger partial charge is 0.309 e. The Morgan fingerprint density at radius 1 is 1.26 bits per heavy atom. The molecule has 0 saturated carbocycles. The number of hydrogen-bond donors (Lipinski definition) is 1. The number of unbranched alkanes of at least 4 members (excludes halogenated alkanes) is 1. The lowest BCUT2D eigenvalue weighted by atomic mass is 9.92. The number of amides is 1. The third kappa shape index (κ3) is 6.17. The predicted octanol–water partition coefficient (Wildman–Crippen LogP) is 3.40. The van der Waals surface area contributed by atoms with Gasteiger partial charge < -0.3 is 5.32 Å². The first-order valence-corrected chi connectivity index (χ1v) is 12.8. The van der Waals surface area contributed by atoms with Gasteiger partial charge in [0.2, 0.25) is 5.91 Å². The molecule has 1 aliphatic rings. The number of hydrogen-bond acceptors (Lipinski definition) is 5. The summed E-state index contributed by atoms with van der Waals surface area (Å²) in [5.74, 6) is 0.811. The summed E-state index contributed by atoms with van der Waals surface area (Å²) in [6.07, 6.45) is 2.52. The van der Waals surface area contributed by atoms with Gasteiger partial charge in [0.25, 0.3) is 0 Å². The number of anilines is 1. The molecule has 1 N–H and O–H groups in total. The van der Waals surface area contributed by atoms with Crippen molar-refractivity contribution in [1.82, 2.24) is 14.7 Å². The molecule has 1 amide bonds. The topological polar surface area (TPSA) is 84.3 Å². The van der Waals surface area contributed by atoms with E-state index in [1.807, 2.05) is 41.3 Å².